The molecular formula is C74H98N18O9S. The van der Waals surface area contributed by atoms with Crippen LogP contribution in [0.3, 0.4) is 0 Å². The summed E-state index contributed by atoms with van der Waals surface area (Å²) in [7, 11) is 0. The first-order valence-corrected chi connectivity index (χ1v) is 37.0. The number of fused-ring (bicyclic) bond motifs is 3. The van der Waals surface area contributed by atoms with E-state index < -0.39 is 5.97 Å². The van der Waals surface area contributed by atoms with Crippen molar-refractivity contribution in [3.8, 4) is 22.5 Å². The number of ether oxygens (including phenoxy) is 1. The van der Waals surface area contributed by atoms with Crippen LogP contribution in [0.1, 0.15) is 172 Å². The molecule has 0 spiro atoms. The summed E-state index contributed by atoms with van der Waals surface area (Å²) < 4.78 is 8.75. The van der Waals surface area contributed by atoms with Crippen molar-refractivity contribution < 1.29 is 33.8 Å². The number of amides is 5. The molecule has 0 aliphatic carbocycles. The number of piperazine rings is 1. The van der Waals surface area contributed by atoms with Crippen LogP contribution in [0.15, 0.2) is 82.9 Å². The number of aliphatic carboxylic acids is 1. The van der Waals surface area contributed by atoms with E-state index in [0.29, 0.717) is 80.5 Å². The van der Waals surface area contributed by atoms with Gasteiger partial charge >= 0.3 is 12.0 Å². The smallest absolute Gasteiger partial charge is 0.315 e. The van der Waals surface area contributed by atoms with Gasteiger partial charge in [0.15, 0.2) is 11.3 Å². The van der Waals surface area contributed by atoms with E-state index >= 15 is 0 Å². The van der Waals surface area contributed by atoms with Crippen molar-refractivity contribution >= 4 is 75.2 Å². The monoisotopic (exact) mass is 1410 g/mol. The standard InChI is InChI=1S/C30H37N7O2.C29H36N8O2.C15H25N3O5S/c1-5-9-21-14-20(4)34-30(39)24(21)17-32-29(38)23-15-26(35-28-25(23)18-33-37(28)19(2)3)22-10-11-27(31-16-22)36-12-7-6-8-13-36;1-5-6-20-13-19(4)34-29(39)23(20)16-32-28(38)22-14-25(35-27-24(22)17-33-37(27)18(2)3)21-7-8-26(31-15-21)36-11-9-30-10-12-36;19-12(16-6-8-23-7-5-13(20)21)4-2-1-3-11-14-10(9-24-11)17-15(22)18-14/h10-11,14-16,18-19H,5-9,12-13,17H2,1-4H3,(H,32,38)(H,34,39);7-8,13-15,17-18,30H,5-6,9-12,16H2,1-4H3,(H,32,38)(H,34,39);10-11,14H,1-9H2,(H,16,19)(H,20,21)(H2,17,18,22)/t;;10-,11-,14-/m..0/s1. The van der Waals surface area contributed by atoms with Crippen LogP contribution in [0.25, 0.3) is 44.6 Å². The zero-order valence-electron chi connectivity index (χ0n) is 59.9. The SMILES string of the molecule is CCCc1cc(C)[nH]c(=O)c1CNC(=O)c1cc(-c2ccc(N3CCCCC3)nc2)nc2c1cnn2C(C)C.CCCc1cc(C)[nH]c(=O)c1CNC(=O)c1cc(-c2ccc(N3CCNCC3)nc2)nc2c1cnn2C(C)C.O=C(O)CCOCCNC(=O)CCCC[C@@H]1SC[C@@H]2NC(=O)N[C@@H]21. The van der Waals surface area contributed by atoms with E-state index in [2.05, 4.69) is 75.7 Å². The number of carbonyl (C=O) groups is 5. The van der Waals surface area contributed by atoms with Crippen LogP contribution < -0.4 is 52.8 Å². The summed E-state index contributed by atoms with van der Waals surface area (Å²) in [4.78, 5) is 115. The highest BCUT2D eigenvalue weighted by Crippen LogP contribution is 2.34. The number of aromatic amines is 2. The molecule has 4 fully saturated rings. The Kier molecular flexibility index (Phi) is 26.4. The van der Waals surface area contributed by atoms with Gasteiger partial charge in [-0.1, -0.05) is 33.1 Å². The third-order valence-corrected chi connectivity index (χ3v) is 20.0. The molecule has 0 unspecified atom stereocenters. The molecule has 27 nitrogen and oxygen atoms in total. The normalized spacial score (nSPS) is 16.5. The molecule has 4 aliphatic rings. The number of urea groups is 1. The van der Waals surface area contributed by atoms with Crippen molar-refractivity contribution in [2.24, 2.45) is 0 Å². The summed E-state index contributed by atoms with van der Waals surface area (Å²) in [6.45, 7) is 23.0. The number of unbranched alkanes of at least 4 members (excludes halogenated alkanes) is 1. The molecule has 544 valence electrons. The molecule has 12 heterocycles. The van der Waals surface area contributed by atoms with Crippen molar-refractivity contribution in [3.63, 3.8) is 0 Å². The molecule has 0 radical (unpaired) electrons. The molecule has 102 heavy (non-hydrogen) atoms. The van der Waals surface area contributed by atoms with Crippen molar-refractivity contribution in [1.82, 2.24) is 81.4 Å². The second kappa shape index (κ2) is 35.9. The van der Waals surface area contributed by atoms with E-state index in [0.717, 1.165) is 135 Å². The van der Waals surface area contributed by atoms with Gasteiger partial charge in [-0.15, -0.1) is 0 Å². The summed E-state index contributed by atoms with van der Waals surface area (Å²) in [6.07, 6.45) is 17.3. The third-order valence-electron chi connectivity index (χ3n) is 18.5. The Bertz CT molecular complexity index is 4100. The predicted octanol–water partition coefficient (Wildman–Crippen LogP) is 8.63. The maximum absolute atomic E-state index is 13.6. The van der Waals surface area contributed by atoms with Gasteiger partial charge in [-0.2, -0.15) is 22.0 Å². The zero-order chi connectivity index (χ0) is 72.4. The molecule has 0 bridgehead atoms. The predicted molar refractivity (Wildman–Crippen MR) is 397 cm³/mol. The number of carboxylic acid groups (broad SMARTS) is 1. The van der Waals surface area contributed by atoms with E-state index in [9.17, 15) is 33.6 Å². The van der Waals surface area contributed by atoms with Crippen LogP contribution in [0.2, 0.25) is 0 Å². The number of pyridine rings is 6. The molecule has 5 amide bonds. The highest BCUT2D eigenvalue weighted by molar-refractivity contribution is 8.00. The minimum absolute atomic E-state index is 0.00961. The molecule has 28 heteroatoms. The van der Waals surface area contributed by atoms with Gasteiger partial charge < -0.3 is 61.5 Å². The maximum atomic E-state index is 13.6. The molecule has 4 saturated heterocycles. The summed E-state index contributed by atoms with van der Waals surface area (Å²) >= 11 is 1.88. The lowest BCUT2D eigenvalue weighted by Gasteiger charge is -2.28. The molecular weight excluding hydrogens is 1320 g/mol. The Balaban J connectivity index is 0.000000170. The Morgan fingerprint density at radius 3 is 1.67 bits per heavy atom. The van der Waals surface area contributed by atoms with E-state index in [-0.39, 0.29) is 85.2 Å². The van der Waals surface area contributed by atoms with E-state index in [4.69, 9.17) is 29.8 Å². The van der Waals surface area contributed by atoms with Crippen LogP contribution in [-0.4, -0.2) is 166 Å². The molecule has 9 N–H and O–H groups in total. The minimum Gasteiger partial charge on any atom is -0.481 e. The number of aryl methyl sites for hydroxylation is 4. The van der Waals surface area contributed by atoms with Gasteiger partial charge in [0.05, 0.1) is 77.4 Å². The quantitative estimate of drug-likeness (QED) is 0.0172. The second-order valence-corrected chi connectivity index (χ2v) is 28.2. The van der Waals surface area contributed by atoms with Gasteiger partial charge in [0.2, 0.25) is 5.91 Å². The number of anilines is 2. The van der Waals surface area contributed by atoms with Crippen molar-refractivity contribution in [1.29, 1.82) is 0 Å². The molecule has 8 aromatic heterocycles. The Hall–Kier alpha value is -9.54. The number of hydrogen-bond donors (Lipinski definition) is 9. The van der Waals surface area contributed by atoms with Crippen LogP contribution in [0.5, 0.6) is 0 Å². The number of piperidine rings is 1. The fourth-order valence-electron chi connectivity index (χ4n) is 13.3. The van der Waals surface area contributed by atoms with Gasteiger partial charge in [-0.25, -0.2) is 34.1 Å². The topological polar surface area (TPSA) is 346 Å². The Morgan fingerprint density at radius 2 is 1.18 bits per heavy atom. The van der Waals surface area contributed by atoms with Gasteiger partial charge in [-0.3, -0.25) is 28.8 Å². The Morgan fingerprint density at radius 1 is 0.647 bits per heavy atom. The first kappa shape index (κ1) is 75.1. The summed E-state index contributed by atoms with van der Waals surface area (Å²) in [5, 5.41) is 37.2. The highest BCUT2D eigenvalue weighted by Gasteiger charge is 2.42. The van der Waals surface area contributed by atoms with Crippen LogP contribution in [0.4, 0.5) is 16.4 Å². The van der Waals surface area contributed by atoms with Crippen molar-refractivity contribution in [3.05, 3.63) is 139 Å². The number of nitrogens with zero attached hydrogens (tertiary/aromatic N) is 10. The molecule has 0 saturated carbocycles. The van der Waals surface area contributed by atoms with Gasteiger partial charge in [0.25, 0.3) is 22.9 Å². The number of carboxylic acids is 1. The average Bonchev–Trinajstić information content (AvgIpc) is 1.57. The van der Waals surface area contributed by atoms with E-state index in [1.54, 1.807) is 24.5 Å². The largest absolute Gasteiger partial charge is 0.481 e. The third kappa shape index (κ3) is 19.3. The van der Waals surface area contributed by atoms with Gasteiger partial charge in [-0.05, 0) is 146 Å². The lowest BCUT2D eigenvalue weighted by molar-refractivity contribution is -0.138. The first-order chi connectivity index (χ1) is 49.3. The lowest BCUT2D eigenvalue weighted by atomic mass is 10.0. The number of aromatic nitrogens is 10. The van der Waals surface area contributed by atoms with Crippen LogP contribution in [0, 0.1) is 13.8 Å². The van der Waals surface area contributed by atoms with Gasteiger partial charge in [0.1, 0.15) is 11.6 Å². The summed E-state index contributed by atoms with van der Waals surface area (Å²) in [5.41, 5.74) is 9.61. The van der Waals surface area contributed by atoms with Crippen LogP contribution >= 0.6 is 11.8 Å². The highest BCUT2D eigenvalue weighted by atomic mass is 32.2. The average molecular weight is 1420 g/mol. The Labute approximate surface area is 598 Å². The number of hydrogen-bond acceptors (Lipinski definition) is 18. The van der Waals surface area contributed by atoms with E-state index in [1.807, 2.05) is 111 Å². The van der Waals surface area contributed by atoms with Crippen molar-refractivity contribution in [2.75, 3.05) is 74.6 Å². The maximum Gasteiger partial charge on any atom is 0.315 e. The number of H-pyrrole nitrogens is 2. The number of carbonyl (C=O) groups excluding carboxylic acids is 4. The fraction of sp³-hybridized carbons (Fsp3) is 0.500. The number of nitrogens with one attached hydrogen (secondary N) is 8. The minimum atomic E-state index is -0.890. The lowest BCUT2D eigenvalue weighted by Crippen LogP contribution is -2.43. The molecule has 12 rings (SSSR count). The summed E-state index contributed by atoms with van der Waals surface area (Å²) in [6, 6.07) is 16.2. The molecule has 4 aliphatic heterocycles. The molecule has 3 atom stereocenters. The fourth-order valence-corrected chi connectivity index (χ4v) is 14.8. The number of thioether (sulfide) groups is 1. The van der Waals surface area contributed by atoms with Crippen molar-refractivity contribution in [2.45, 2.75) is 175 Å². The van der Waals surface area contributed by atoms with Crippen LogP contribution in [-0.2, 0) is 40.3 Å². The molecule has 8 aromatic rings. The number of rotatable bonds is 27. The first-order valence-electron chi connectivity index (χ1n) is 35.9. The summed E-state index contributed by atoms with van der Waals surface area (Å²) in [5.74, 6) is 1.40. The van der Waals surface area contributed by atoms with Gasteiger partial charge in [0, 0.05) is 134 Å². The van der Waals surface area contributed by atoms with E-state index in [1.165, 1.54) is 19.3 Å². The molecule has 0 aromatic carbocycles. The second-order valence-electron chi connectivity index (χ2n) is 27.0. The zero-order valence-corrected chi connectivity index (χ0v) is 60.7.